The number of amides is 1. The maximum Gasteiger partial charge on any atom is 0.253 e. The summed E-state index contributed by atoms with van der Waals surface area (Å²) in [6.45, 7) is 4.47. The fraction of sp³-hybridized carbons (Fsp3) is 0.364. The number of carbonyl (C=O) groups excluding carboxylic acids is 1. The standard InChI is InChI=1S/C22H26FN5O/c1-27-10-11-28(20(14-27)16-6-3-2-4-7-16)9-5-8-24-22(29)18-12-17(23)13-19-21(18)26-15-25-19/h2-4,6-7,12-13,15,20H,5,8-11,14H2,1H3,(H,24,29)(H,25,26). The van der Waals surface area contributed by atoms with E-state index in [4.69, 9.17) is 0 Å². The molecule has 1 amide bonds. The lowest BCUT2D eigenvalue weighted by molar-refractivity contribution is 0.0866. The third-order valence-corrected chi connectivity index (χ3v) is 5.52. The Kier molecular flexibility index (Phi) is 5.87. The van der Waals surface area contributed by atoms with Crippen LogP contribution in [-0.4, -0.2) is 65.4 Å². The molecule has 1 unspecified atom stereocenters. The minimum Gasteiger partial charge on any atom is -0.352 e. The van der Waals surface area contributed by atoms with Crippen LogP contribution in [0.4, 0.5) is 4.39 Å². The van der Waals surface area contributed by atoms with Crippen LogP contribution in [0.15, 0.2) is 48.8 Å². The van der Waals surface area contributed by atoms with Crippen LogP contribution in [-0.2, 0) is 0 Å². The molecule has 2 heterocycles. The normalized spacial score (nSPS) is 18.2. The van der Waals surface area contributed by atoms with Crippen LogP contribution in [0.25, 0.3) is 11.0 Å². The summed E-state index contributed by atoms with van der Waals surface area (Å²) in [5.41, 5.74) is 2.61. The van der Waals surface area contributed by atoms with Gasteiger partial charge in [0.1, 0.15) is 11.3 Å². The summed E-state index contributed by atoms with van der Waals surface area (Å²) in [7, 11) is 2.16. The Balaban J connectivity index is 1.34. The van der Waals surface area contributed by atoms with E-state index in [2.05, 4.69) is 56.4 Å². The Morgan fingerprint density at radius 3 is 2.93 bits per heavy atom. The molecule has 0 aliphatic carbocycles. The highest BCUT2D eigenvalue weighted by Gasteiger charge is 2.26. The van der Waals surface area contributed by atoms with Gasteiger partial charge in [0.25, 0.3) is 5.91 Å². The lowest BCUT2D eigenvalue weighted by Gasteiger charge is -2.40. The summed E-state index contributed by atoms with van der Waals surface area (Å²) in [5.74, 6) is -0.741. The number of piperazine rings is 1. The number of imidazole rings is 1. The lowest BCUT2D eigenvalue weighted by Crippen LogP contribution is -2.47. The van der Waals surface area contributed by atoms with Crippen LogP contribution in [0, 0.1) is 5.82 Å². The summed E-state index contributed by atoms with van der Waals surface area (Å²) in [4.78, 5) is 24.4. The number of hydrogen-bond acceptors (Lipinski definition) is 4. The Hall–Kier alpha value is -2.77. The summed E-state index contributed by atoms with van der Waals surface area (Å²) < 4.78 is 13.8. The highest BCUT2D eigenvalue weighted by atomic mass is 19.1. The molecule has 0 spiro atoms. The second-order valence-electron chi connectivity index (χ2n) is 7.59. The van der Waals surface area contributed by atoms with Crippen molar-refractivity contribution < 1.29 is 9.18 Å². The van der Waals surface area contributed by atoms with E-state index in [9.17, 15) is 9.18 Å². The average molecular weight is 395 g/mol. The zero-order valence-electron chi connectivity index (χ0n) is 16.6. The van der Waals surface area contributed by atoms with Crippen molar-refractivity contribution in [1.82, 2.24) is 25.1 Å². The molecule has 0 radical (unpaired) electrons. The van der Waals surface area contributed by atoms with Gasteiger partial charge in [-0.25, -0.2) is 9.37 Å². The van der Waals surface area contributed by atoms with Crippen LogP contribution in [0.3, 0.4) is 0 Å². The van der Waals surface area contributed by atoms with Gasteiger partial charge in [-0.1, -0.05) is 30.3 Å². The van der Waals surface area contributed by atoms with E-state index in [0.717, 1.165) is 32.6 Å². The molecule has 1 saturated heterocycles. The van der Waals surface area contributed by atoms with Crippen LogP contribution in [0.5, 0.6) is 0 Å². The van der Waals surface area contributed by atoms with E-state index >= 15 is 0 Å². The SMILES string of the molecule is CN1CCN(CCCNC(=O)c2cc(F)cc3[nH]cnc23)C(c2ccccc2)C1. The van der Waals surface area contributed by atoms with Crippen molar-refractivity contribution >= 4 is 16.9 Å². The number of fused-ring (bicyclic) bond motifs is 1. The van der Waals surface area contributed by atoms with Gasteiger partial charge in [-0.05, 0) is 31.2 Å². The first-order chi connectivity index (χ1) is 14.1. The summed E-state index contributed by atoms with van der Waals surface area (Å²) >= 11 is 0. The lowest BCUT2D eigenvalue weighted by atomic mass is 10.0. The molecule has 0 saturated carbocycles. The maximum atomic E-state index is 13.8. The second kappa shape index (κ2) is 8.71. The maximum absolute atomic E-state index is 13.8. The van der Waals surface area contributed by atoms with Gasteiger partial charge >= 0.3 is 0 Å². The Morgan fingerprint density at radius 1 is 1.28 bits per heavy atom. The zero-order valence-corrected chi connectivity index (χ0v) is 16.6. The van der Waals surface area contributed by atoms with E-state index < -0.39 is 5.82 Å². The molecule has 1 aliphatic heterocycles. The number of nitrogens with zero attached hydrogens (tertiary/aromatic N) is 3. The van der Waals surface area contributed by atoms with E-state index in [0.29, 0.717) is 23.6 Å². The fourth-order valence-electron chi connectivity index (χ4n) is 3.98. The third-order valence-electron chi connectivity index (χ3n) is 5.52. The topological polar surface area (TPSA) is 64.3 Å². The number of aromatic amines is 1. The molecule has 1 aliphatic rings. The number of rotatable bonds is 6. The van der Waals surface area contributed by atoms with Gasteiger partial charge in [0.2, 0.25) is 0 Å². The van der Waals surface area contributed by atoms with Crippen LogP contribution >= 0.6 is 0 Å². The van der Waals surface area contributed by atoms with Crippen molar-refractivity contribution in [3.05, 3.63) is 65.7 Å². The van der Waals surface area contributed by atoms with Crippen molar-refractivity contribution in [1.29, 1.82) is 0 Å². The van der Waals surface area contributed by atoms with E-state index in [1.54, 1.807) is 0 Å². The minimum atomic E-state index is -0.449. The predicted molar refractivity (Wildman–Crippen MR) is 111 cm³/mol. The van der Waals surface area contributed by atoms with Crippen molar-refractivity contribution in [2.45, 2.75) is 12.5 Å². The molecule has 2 N–H and O–H groups in total. The number of likely N-dealkylation sites (N-methyl/N-ethyl adjacent to an activating group) is 1. The molecule has 7 heteroatoms. The number of benzene rings is 2. The van der Waals surface area contributed by atoms with Gasteiger partial charge in [0.15, 0.2) is 0 Å². The molecule has 3 aromatic rings. The minimum absolute atomic E-state index is 0.267. The predicted octanol–water partition coefficient (Wildman–Crippen LogP) is 2.81. The van der Waals surface area contributed by atoms with Gasteiger partial charge < -0.3 is 15.2 Å². The molecule has 0 bridgehead atoms. The molecule has 6 nitrogen and oxygen atoms in total. The first-order valence-electron chi connectivity index (χ1n) is 10.00. The first-order valence-corrected chi connectivity index (χ1v) is 10.00. The smallest absolute Gasteiger partial charge is 0.253 e. The number of nitrogens with one attached hydrogen (secondary N) is 2. The van der Waals surface area contributed by atoms with Gasteiger partial charge in [0.05, 0.1) is 17.4 Å². The first kappa shape index (κ1) is 19.5. The monoisotopic (exact) mass is 395 g/mol. The van der Waals surface area contributed by atoms with E-state index in [-0.39, 0.29) is 11.5 Å². The molecule has 2 aromatic carbocycles. The largest absolute Gasteiger partial charge is 0.352 e. The van der Waals surface area contributed by atoms with Crippen molar-refractivity contribution in [2.75, 3.05) is 39.8 Å². The zero-order chi connectivity index (χ0) is 20.2. The number of halogens is 1. The number of hydrogen-bond donors (Lipinski definition) is 2. The molecular formula is C22H26FN5O. The quantitative estimate of drug-likeness (QED) is 0.630. The van der Waals surface area contributed by atoms with Gasteiger partial charge in [-0.3, -0.25) is 9.69 Å². The molecule has 29 heavy (non-hydrogen) atoms. The number of H-pyrrole nitrogens is 1. The molecular weight excluding hydrogens is 369 g/mol. The fourth-order valence-corrected chi connectivity index (χ4v) is 3.98. The molecule has 1 aromatic heterocycles. The van der Waals surface area contributed by atoms with Crippen LogP contribution < -0.4 is 5.32 Å². The molecule has 1 atom stereocenters. The number of aromatic nitrogens is 2. The second-order valence-corrected chi connectivity index (χ2v) is 7.59. The summed E-state index contributed by atoms with van der Waals surface area (Å²) in [6, 6.07) is 13.5. The highest BCUT2D eigenvalue weighted by molar-refractivity contribution is 6.04. The van der Waals surface area contributed by atoms with Crippen molar-refractivity contribution in [2.24, 2.45) is 0 Å². The van der Waals surface area contributed by atoms with Crippen molar-refractivity contribution in [3.8, 4) is 0 Å². The molecule has 1 fully saturated rings. The van der Waals surface area contributed by atoms with Crippen LogP contribution in [0.2, 0.25) is 0 Å². The molecule has 4 rings (SSSR count). The highest BCUT2D eigenvalue weighted by Crippen LogP contribution is 2.24. The Morgan fingerprint density at radius 2 is 2.10 bits per heavy atom. The number of carbonyl (C=O) groups is 1. The van der Waals surface area contributed by atoms with Gasteiger partial charge in [-0.2, -0.15) is 0 Å². The van der Waals surface area contributed by atoms with Crippen LogP contribution in [0.1, 0.15) is 28.4 Å². The molecule has 152 valence electrons. The van der Waals surface area contributed by atoms with E-state index in [1.807, 2.05) is 6.07 Å². The van der Waals surface area contributed by atoms with Gasteiger partial charge in [0, 0.05) is 38.8 Å². The van der Waals surface area contributed by atoms with E-state index in [1.165, 1.54) is 24.0 Å². The Labute approximate surface area is 169 Å². The third kappa shape index (κ3) is 4.46. The van der Waals surface area contributed by atoms with Crippen molar-refractivity contribution in [3.63, 3.8) is 0 Å². The summed E-state index contributed by atoms with van der Waals surface area (Å²) in [6.07, 6.45) is 2.30. The van der Waals surface area contributed by atoms with Gasteiger partial charge in [-0.15, -0.1) is 0 Å². The Bertz CT molecular complexity index is 974. The summed E-state index contributed by atoms with van der Waals surface area (Å²) in [5, 5.41) is 2.91. The average Bonchev–Trinajstić information content (AvgIpc) is 3.20.